The molecule has 3 nitrogen and oxygen atoms in total. The highest BCUT2D eigenvalue weighted by Crippen LogP contribution is 2.24. The molecular weight excluding hydrogens is 363 g/mol. The van der Waals surface area contributed by atoms with Gasteiger partial charge in [0.15, 0.2) is 0 Å². The first kappa shape index (κ1) is 17.8. The lowest BCUT2D eigenvalue weighted by Crippen LogP contribution is -2.42. The number of rotatable bonds is 4. The maximum Gasteiger partial charge on any atom is 0.255 e. The van der Waals surface area contributed by atoms with Crippen molar-refractivity contribution in [2.75, 3.05) is 19.6 Å². The summed E-state index contributed by atoms with van der Waals surface area (Å²) in [5.41, 5.74) is 0.588. The molecule has 1 aliphatic rings. The van der Waals surface area contributed by atoms with E-state index in [0.717, 1.165) is 36.9 Å². The average Bonchev–Trinajstić information content (AvgIpc) is 2.89. The molecule has 2 rings (SSSR count). The molecule has 1 fully saturated rings. The van der Waals surface area contributed by atoms with Crippen LogP contribution in [0.15, 0.2) is 22.7 Å². The molecule has 0 radical (unpaired) electrons. The number of amides is 1. The quantitative estimate of drug-likeness (QED) is 0.861. The molecule has 1 unspecified atom stereocenters. The smallest absolute Gasteiger partial charge is 0.255 e. The average molecular weight is 382 g/mol. The molecule has 1 aromatic rings. The van der Waals surface area contributed by atoms with Crippen LogP contribution in [-0.2, 0) is 0 Å². The van der Waals surface area contributed by atoms with Crippen molar-refractivity contribution in [1.29, 1.82) is 0 Å². The topological polar surface area (TPSA) is 32.3 Å². The van der Waals surface area contributed by atoms with E-state index in [1.165, 1.54) is 0 Å². The second-order valence-electron chi connectivity index (χ2n) is 4.77. The summed E-state index contributed by atoms with van der Waals surface area (Å²) in [6, 6.07) is 5.70. The van der Waals surface area contributed by atoms with E-state index in [4.69, 9.17) is 11.6 Å². The van der Waals surface area contributed by atoms with Crippen molar-refractivity contribution >= 4 is 45.8 Å². The maximum absolute atomic E-state index is 12.7. The largest absolute Gasteiger partial charge is 0.334 e. The molecule has 112 valence electrons. The van der Waals surface area contributed by atoms with Crippen LogP contribution in [0.2, 0.25) is 5.02 Å². The first-order valence-corrected chi connectivity index (χ1v) is 7.77. The lowest BCUT2D eigenvalue weighted by Gasteiger charge is -2.28. The number of nitrogens with one attached hydrogen (secondary N) is 1. The Morgan fingerprint density at radius 3 is 2.85 bits per heavy atom. The zero-order chi connectivity index (χ0) is 13.8. The van der Waals surface area contributed by atoms with E-state index in [9.17, 15) is 4.79 Å². The Kier molecular flexibility index (Phi) is 7.30. The van der Waals surface area contributed by atoms with Gasteiger partial charge in [0, 0.05) is 23.6 Å². The lowest BCUT2D eigenvalue weighted by molar-refractivity contribution is 0.0692. The molecule has 0 aliphatic carbocycles. The van der Waals surface area contributed by atoms with E-state index in [-0.39, 0.29) is 24.4 Å². The first-order valence-electron chi connectivity index (χ1n) is 6.60. The zero-order valence-electron chi connectivity index (χ0n) is 11.4. The summed E-state index contributed by atoms with van der Waals surface area (Å²) in [7, 11) is 0. The summed E-state index contributed by atoms with van der Waals surface area (Å²) in [5, 5.41) is 3.81. The van der Waals surface area contributed by atoms with Crippen molar-refractivity contribution in [2.24, 2.45) is 0 Å². The molecule has 0 spiro atoms. The molecule has 0 aromatic heterocycles. The van der Waals surface area contributed by atoms with Gasteiger partial charge in [-0.2, -0.15) is 0 Å². The summed E-state index contributed by atoms with van der Waals surface area (Å²) >= 11 is 9.54. The van der Waals surface area contributed by atoms with E-state index in [1.807, 2.05) is 11.0 Å². The fourth-order valence-electron chi connectivity index (χ4n) is 2.41. The maximum atomic E-state index is 12.7. The molecular formula is C14H19BrCl2N2O. The van der Waals surface area contributed by atoms with Crippen LogP contribution >= 0.6 is 39.9 Å². The highest BCUT2D eigenvalue weighted by atomic mass is 79.9. The van der Waals surface area contributed by atoms with Crippen molar-refractivity contribution in [3.05, 3.63) is 33.3 Å². The van der Waals surface area contributed by atoms with Crippen LogP contribution in [0.1, 0.15) is 30.1 Å². The van der Waals surface area contributed by atoms with Crippen molar-refractivity contribution in [3.63, 3.8) is 0 Å². The minimum atomic E-state index is 0. The Bertz CT molecular complexity index is 464. The molecule has 1 N–H and O–H groups in total. The molecule has 20 heavy (non-hydrogen) atoms. The predicted octanol–water partition coefficient (Wildman–Crippen LogP) is 3.74. The van der Waals surface area contributed by atoms with Crippen molar-refractivity contribution in [2.45, 2.75) is 25.8 Å². The molecule has 0 saturated carbocycles. The first-order chi connectivity index (χ1) is 9.13. The Hall–Kier alpha value is -0.290. The lowest BCUT2D eigenvalue weighted by atomic mass is 10.1. The molecule has 1 heterocycles. The van der Waals surface area contributed by atoms with Crippen LogP contribution in [-0.4, -0.2) is 36.5 Å². The van der Waals surface area contributed by atoms with Crippen LogP contribution in [0.3, 0.4) is 0 Å². The molecule has 1 saturated heterocycles. The number of benzene rings is 1. The summed E-state index contributed by atoms with van der Waals surface area (Å²) in [6.45, 7) is 4.72. The third kappa shape index (κ3) is 4.10. The van der Waals surface area contributed by atoms with Gasteiger partial charge in [-0.05, 0) is 37.6 Å². The zero-order valence-corrected chi connectivity index (χ0v) is 14.5. The van der Waals surface area contributed by atoms with Crippen molar-refractivity contribution in [3.8, 4) is 0 Å². The SMILES string of the molecule is CCCN(C(=O)c1ccc(Br)cc1Cl)C1CCNC1.Cl. The van der Waals surface area contributed by atoms with Gasteiger partial charge in [-0.15, -0.1) is 12.4 Å². The minimum Gasteiger partial charge on any atom is -0.334 e. The third-order valence-electron chi connectivity index (χ3n) is 3.36. The number of halogens is 3. The molecule has 1 aliphatic heterocycles. The normalized spacial score (nSPS) is 17.6. The van der Waals surface area contributed by atoms with Gasteiger partial charge in [0.2, 0.25) is 0 Å². The third-order valence-corrected chi connectivity index (χ3v) is 4.17. The van der Waals surface area contributed by atoms with Gasteiger partial charge in [-0.3, -0.25) is 4.79 Å². The molecule has 6 heteroatoms. The standard InChI is InChI=1S/C14H18BrClN2O.ClH/c1-2-7-18(11-5-6-17-9-11)14(19)12-4-3-10(15)8-13(12)16;/h3-4,8,11,17H,2,5-7,9H2,1H3;1H. The second-order valence-corrected chi connectivity index (χ2v) is 6.09. The fraction of sp³-hybridized carbons (Fsp3) is 0.500. The van der Waals surface area contributed by atoms with Gasteiger partial charge in [0.1, 0.15) is 0 Å². The predicted molar refractivity (Wildman–Crippen MR) is 89.0 cm³/mol. The van der Waals surface area contributed by atoms with Crippen LogP contribution < -0.4 is 5.32 Å². The van der Waals surface area contributed by atoms with Gasteiger partial charge < -0.3 is 10.2 Å². The number of nitrogens with zero attached hydrogens (tertiary/aromatic N) is 1. The van der Waals surface area contributed by atoms with Gasteiger partial charge >= 0.3 is 0 Å². The second kappa shape index (κ2) is 8.23. The van der Waals surface area contributed by atoms with Gasteiger partial charge in [-0.1, -0.05) is 34.5 Å². The molecule has 0 bridgehead atoms. The van der Waals surface area contributed by atoms with Gasteiger partial charge in [0.25, 0.3) is 5.91 Å². The van der Waals surface area contributed by atoms with Crippen LogP contribution in [0.25, 0.3) is 0 Å². The van der Waals surface area contributed by atoms with Crippen molar-refractivity contribution < 1.29 is 4.79 Å². The Balaban J connectivity index is 0.00000200. The minimum absolute atomic E-state index is 0. The Morgan fingerprint density at radius 2 is 2.30 bits per heavy atom. The van der Waals surface area contributed by atoms with E-state index < -0.39 is 0 Å². The number of carbonyl (C=O) groups excluding carboxylic acids is 1. The Labute approximate surface area is 139 Å². The highest BCUT2D eigenvalue weighted by Gasteiger charge is 2.27. The van der Waals surface area contributed by atoms with Crippen LogP contribution in [0, 0.1) is 0 Å². The number of carbonyl (C=O) groups is 1. The fourth-order valence-corrected chi connectivity index (χ4v) is 3.17. The van der Waals surface area contributed by atoms with Crippen LogP contribution in [0.5, 0.6) is 0 Å². The van der Waals surface area contributed by atoms with E-state index in [0.29, 0.717) is 10.6 Å². The van der Waals surface area contributed by atoms with Crippen molar-refractivity contribution in [1.82, 2.24) is 10.2 Å². The summed E-state index contributed by atoms with van der Waals surface area (Å²) in [6.07, 6.45) is 1.97. The number of hydrogen-bond donors (Lipinski definition) is 1. The van der Waals surface area contributed by atoms with E-state index in [1.54, 1.807) is 12.1 Å². The van der Waals surface area contributed by atoms with E-state index >= 15 is 0 Å². The molecule has 1 aromatic carbocycles. The number of hydrogen-bond acceptors (Lipinski definition) is 2. The van der Waals surface area contributed by atoms with Crippen LogP contribution in [0.4, 0.5) is 0 Å². The summed E-state index contributed by atoms with van der Waals surface area (Å²) in [4.78, 5) is 14.6. The summed E-state index contributed by atoms with van der Waals surface area (Å²) in [5.74, 6) is 0.0352. The monoisotopic (exact) mass is 380 g/mol. The molecule has 1 atom stereocenters. The van der Waals surface area contributed by atoms with Gasteiger partial charge in [0.05, 0.1) is 10.6 Å². The van der Waals surface area contributed by atoms with E-state index in [2.05, 4.69) is 28.2 Å². The summed E-state index contributed by atoms with van der Waals surface area (Å²) < 4.78 is 0.888. The van der Waals surface area contributed by atoms with Gasteiger partial charge in [-0.25, -0.2) is 0 Å². The highest BCUT2D eigenvalue weighted by molar-refractivity contribution is 9.10. The molecule has 1 amide bonds. The Morgan fingerprint density at radius 1 is 1.55 bits per heavy atom.